The number of carbonyl (C=O) groups is 2. The van der Waals surface area contributed by atoms with Crippen LogP contribution in [0.25, 0.3) is 0 Å². The van der Waals surface area contributed by atoms with Crippen molar-refractivity contribution in [2.45, 2.75) is 4.90 Å². The highest BCUT2D eigenvalue weighted by atomic mass is 32.2. The average Bonchev–Trinajstić information content (AvgIpc) is 2.52. The third-order valence-corrected chi connectivity index (χ3v) is 4.18. The number of nitrogens with one attached hydrogen (secondary N) is 2. The molecule has 0 saturated heterocycles. The lowest BCUT2D eigenvalue weighted by Gasteiger charge is -2.08. The Labute approximate surface area is 138 Å². The predicted octanol–water partition coefficient (Wildman–Crippen LogP) is 1.60. The van der Waals surface area contributed by atoms with Crippen molar-refractivity contribution in [2.24, 2.45) is 0 Å². The minimum Gasteiger partial charge on any atom is -0.343 e. The SMILES string of the molecule is CS(=O)(=O)c1cccc(NC(=O)CNC(=O)c2ccccc2F)c1. The van der Waals surface area contributed by atoms with Crippen LogP contribution in [0.4, 0.5) is 10.1 Å². The van der Waals surface area contributed by atoms with Gasteiger partial charge in [-0.25, -0.2) is 12.8 Å². The standard InChI is InChI=1S/C16H15FN2O4S/c1-24(22,23)12-6-4-5-11(9-12)19-15(20)10-18-16(21)13-7-2-3-8-14(13)17/h2-9H,10H2,1H3,(H,18,21)(H,19,20). The molecule has 0 aliphatic carbocycles. The second-order valence-electron chi connectivity index (χ2n) is 5.01. The van der Waals surface area contributed by atoms with E-state index >= 15 is 0 Å². The first-order chi connectivity index (χ1) is 11.3. The molecule has 0 aliphatic rings. The summed E-state index contributed by atoms with van der Waals surface area (Å²) in [5.74, 6) is -1.96. The van der Waals surface area contributed by atoms with E-state index in [0.717, 1.165) is 12.3 Å². The van der Waals surface area contributed by atoms with Crippen molar-refractivity contribution >= 4 is 27.3 Å². The quantitative estimate of drug-likeness (QED) is 0.857. The van der Waals surface area contributed by atoms with Gasteiger partial charge in [-0.1, -0.05) is 18.2 Å². The summed E-state index contributed by atoms with van der Waals surface area (Å²) in [5.41, 5.74) is 0.118. The summed E-state index contributed by atoms with van der Waals surface area (Å²) < 4.78 is 36.4. The van der Waals surface area contributed by atoms with Crippen molar-refractivity contribution < 1.29 is 22.4 Å². The van der Waals surface area contributed by atoms with Crippen LogP contribution < -0.4 is 10.6 Å². The number of sulfone groups is 1. The van der Waals surface area contributed by atoms with E-state index in [-0.39, 0.29) is 22.7 Å². The van der Waals surface area contributed by atoms with Crippen molar-refractivity contribution in [3.8, 4) is 0 Å². The second-order valence-corrected chi connectivity index (χ2v) is 7.03. The minimum absolute atomic E-state index is 0.0655. The molecule has 126 valence electrons. The van der Waals surface area contributed by atoms with Crippen LogP contribution in [0.5, 0.6) is 0 Å². The molecule has 2 rings (SSSR count). The van der Waals surface area contributed by atoms with E-state index in [0.29, 0.717) is 0 Å². The van der Waals surface area contributed by atoms with Crippen LogP contribution in [0.3, 0.4) is 0 Å². The van der Waals surface area contributed by atoms with E-state index in [9.17, 15) is 22.4 Å². The maximum absolute atomic E-state index is 13.4. The molecule has 0 heterocycles. The minimum atomic E-state index is -3.39. The molecule has 2 amide bonds. The molecule has 0 saturated carbocycles. The number of rotatable bonds is 5. The summed E-state index contributed by atoms with van der Waals surface area (Å²) in [7, 11) is -3.39. The fourth-order valence-corrected chi connectivity index (χ4v) is 2.58. The fraction of sp³-hybridized carbons (Fsp3) is 0.125. The second kappa shape index (κ2) is 7.22. The summed E-state index contributed by atoms with van der Waals surface area (Å²) in [6, 6.07) is 11.1. The van der Waals surface area contributed by atoms with Gasteiger partial charge in [-0.2, -0.15) is 0 Å². The Morgan fingerprint density at radius 3 is 2.46 bits per heavy atom. The van der Waals surface area contributed by atoms with E-state index in [1.165, 1.54) is 42.5 Å². The Kier molecular flexibility index (Phi) is 5.30. The highest BCUT2D eigenvalue weighted by molar-refractivity contribution is 7.90. The van der Waals surface area contributed by atoms with Crippen LogP contribution in [0.1, 0.15) is 10.4 Å². The Hall–Kier alpha value is -2.74. The van der Waals surface area contributed by atoms with Gasteiger partial charge in [0.1, 0.15) is 5.82 Å². The van der Waals surface area contributed by atoms with Crippen LogP contribution in [0.15, 0.2) is 53.4 Å². The molecule has 0 aliphatic heterocycles. The highest BCUT2D eigenvalue weighted by Gasteiger charge is 2.13. The largest absolute Gasteiger partial charge is 0.343 e. The van der Waals surface area contributed by atoms with E-state index in [2.05, 4.69) is 10.6 Å². The Bertz CT molecular complexity index is 881. The lowest BCUT2D eigenvalue weighted by atomic mass is 10.2. The topological polar surface area (TPSA) is 92.3 Å². The van der Waals surface area contributed by atoms with Crippen LogP contribution >= 0.6 is 0 Å². The van der Waals surface area contributed by atoms with Crippen molar-refractivity contribution in [1.82, 2.24) is 5.32 Å². The summed E-state index contributed by atoms with van der Waals surface area (Å²) in [4.78, 5) is 23.7. The Morgan fingerprint density at radius 1 is 1.08 bits per heavy atom. The smallest absolute Gasteiger partial charge is 0.254 e. The Morgan fingerprint density at radius 2 is 1.79 bits per heavy atom. The van der Waals surface area contributed by atoms with Gasteiger partial charge in [-0.15, -0.1) is 0 Å². The predicted molar refractivity (Wildman–Crippen MR) is 86.9 cm³/mol. The molecule has 8 heteroatoms. The molecule has 2 N–H and O–H groups in total. The van der Waals surface area contributed by atoms with Crippen LogP contribution in [-0.4, -0.2) is 33.0 Å². The molecule has 0 bridgehead atoms. The summed E-state index contributed by atoms with van der Waals surface area (Å²) >= 11 is 0. The fourth-order valence-electron chi connectivity index (χ4n) is 1.91. The molecule has 2 aromatic carbocycles. The summed E-state index contributed by atoms with van der Waals surface area (Å²) in [5, 5.41) is 4.76. The van der Waals surface area contributed by atoms with Crippen LogP contribution in [0.2, 0.25) is 0 Å². The molecule has 0 spiro atoms. The van der Waals surface area contributed by atoms with E-state index < -0.39 is 27.5 Å². The van der Waals surface area contributed by atoms with Gasteiger partial charge in [0.05, 0.1) is 17.0 Å². The number of benzene rings is 2. The number of hydrogen-bond acceptors (Lipinski definition) is 4. The maximum atomic E-state index is 13.4. The van der Waals surface area contributed by atoms with Gasteiger partial charge in [0, 0.05) is 11.9 Å². The third kappa shape index (κ3) is 4.63. The van der Waals surface area contributed by atoms with E-state index in [1.54, 1.807) is 0 Å². The first-order valence-corrected chi connectivity index (χ1v) is 8.79. The van der Waals surface area contributed by atoms with Gasteiger partial charge >= 0.3 is 0 Å². The molecule has 6 nitrogen and oxygen atoms in total. The van der Waals surface area contributed by atoms with Crippen molar-refractivity contribution in [1.29, 1.82) is 0 Å². The van der Waals surface area contributed by atoms with Gasteiger partial charge < -0.3 is 10.6 Å². The molecule has 0 fully saturated rings. The van der Waals surface area contributed by atoms with Gasteiger partial charge in [-0.3, -0.25) is 9.59 Å². The van der Waals surface area contributed by atoms with Gasteiger partial charge in [0.2, 0.25) is 5.91 Å². The van der Waals surface area contributed by atoms with Crippen molar-refractivity contribution in [3.05, 3.63) is 59.9 Å². The van der Waals surface area contributed by atoms with Crippen LogP contribution in [0, 0.1) is 5.82 Å². The van der Waals surface area contributed by atoms with E-state index in [4.69, 9.17) is 0 Å². The monoisotopic (exact) mass is 350 g/mol. The third-order valence-electron chi connectivity index (χ3n) is 3.07. The molecular formula is C16H15FN2O4S. The first-order valence-electron chi connectivity index (χ1n) is 6.90. The van der Waals surface area contributed by atoms with Crippen molar-refractivity contribution in [2.75, 3.05) is 18.1 Å². The van der Waals surface area contributed by atoms with Gasteiger partial charge in [-0.05, 0) is 30.3 Å². The van der Waals surface area contributed by atoms with Gasteiger partial charge in [0.25, 0.3) is 5.91 Å². The average molecular weight is 350 g/mol. The zero-order valence-electron chi connectivity index (χ0n) is 12.7. The number of halogens is 1. The lowest BCUT2D eigenvalue weighted by molar-refractivity contribution is -0.115. The molecule has 24 heavy (non-hydrogen) atoms. The molecule has 0 aromatic heterocycles. The molecule has 2 aromatic rings. The molecular weight excluding hydrogens is 335 g/mol. The lowest BCUT2D eigenvalue weighted by Crippen LogP contribution is -2.33. The number of hydrogen-bond donors (Lipinski definition) is 2. The summed E-state index contributed by atoms with van der Waals surface area (Å²) in [6.45, 7) is -0.379. The zero-order valence-corrected chi connectivity index (χ0v) is 13.6. The van der Waals surface area contributed by atoms with E-state index in [1.807, 2.05) is 0 Å². The van der Waals surface area contributed by atoms with Crippen LogP contribution in [-0.2, 0) is 14.6 Å². The molecule has 0 atom stereocenters. The number of carbonyl (C=O) groups excluding carboxylic acids is 2. The van der Waals surface area contributed by atoms with Gasteiger partial charge in [0.15, 0.2) is 9.84 Å². The molecule has 0 radical (unpaired) electrons. The normalized spacial score (nSPS) is 10.9. The number of amides is 2. The molecule has 0 unspecified atom stereocenters. The number of anilines is 1. The maximum Gasteiger partial charge on any atom is 0.254 e. The Balaban J connectivity index is 1.97. The summed E-state index contributed by atoms with van der Waals surface area (Å²) in [6.07, 6.45) is 1.06. The van der Waals surface area contributed by atoms with Crippen molar-refractivity contribution in [3.63, 3.8) is 0 Å². The highest BCUT2D eigenvalue weighted by Crippen LogP contribution is 2.15. The zero-order chi connectivity index (χ0) is 17.7. The first kappa shape index (κ1) is 17.6.